The number of carboxylic acid groups (broad SMARTS) is 1. The lowest BCUT2D eigenvalue weighted by atomic mass is 10.0. The Labute approximate surface area is 168 Å². The Morgan fingerprint density at radius 2 is 2.07 bits per heavy atom. The molecule has 0 aromatic heterocycles. The molecule has 5 N–H and O–H groups in total. The largest absolute Gasteiger partial charge is 0.481 e. The molecule has 2 aliphatic rings. The van der Waals surface area contributed by atoms with Crippen LogP contribution in [0.15, 0.2) is 0 Å². The van der Waals surface area contributed by atoms with Crippen molar-refractivity contribution in [1.29, 1.82) is 0 Å². The van der Waals surface area contributed by atoms with Gasteiger partial charge in [0, 0.05) is 23.8 Å². The van der Waals surface area contributed by atoms with Crippen LogP contribution >= 0.6 is 11.8 Å². The Balaban J connectivity index is 1.69. The molecule has 2 heterocycles. The van der Waals surface area contributed by atoms with Gasteiger partial charge in [-0.1, -0.05) is 12.3 Å². The van der Waals surface area contributed by atoms with Crippen LogP contribution in [0.25, 0.3) is 0 Å². The molecule has 0 spiro atoms. The second kappa shape index (κ2) is 10.8. The van der Waals surface area contributed by atoms with Gasteiger partial charge in [0.1, 0.15) is 6.04 Å². The average Bonchev–Trinajstić information content (AvgIpc) is 3.19. The van der Waals surface area contributed by atoms with Crippen molar-refractivity contribution in [3.05, 3.63) is 0 Å². The predicted octanol–water partition coefficient (Wildman–Crippen LogP) is -0.189. The quantitative estimate of drug-likeness (QED) is 0.182. The summed E-state index contributed by atoms with van der Waals surface area (Å²) in [6.07, 6.45) is 7.50. The molecule has 0 aromatic rings. The van der Waals surface area contributed by atoms with E-state index < -0.39 is 17.9 Å². The third kappa shape index (κ3) is 6.64. The van der Waals surface area contributed by atoms with Crippen LogP contribution in [0.2, 0.25) is 0 Å². The summed E-state index contributed by atoms with van der Waals surface area (Å²) >= 11 is 1.82. The number of hydrogen-bond acceptors (Lipinski definition) is 5. The molecule has 2 aliphatic heterocycles. The van der Waals surface area contributed by atoms with Gasteiger partial charge in [-0.05, 0) is 19.3 Å². The number of terminal acetylenes is 1. The molecule has 2 saturated heterocycles. The average molecular weight is 410 g/mol. The smallest absolute Gasteiger partial charge is 0.315 e. The summed E-state index contributed by atoms with van der Waals surface area (Å²) in [6.45, 7) is 0.0187. The number of carbonyl (C=O) groups is 4. The van der Waals surface area contributed by atoms with Gasteiger partial charge < -0.3 is 26.4 Å². The van der Waals surface area contributed by atoms with Gasteiger partial charge in [0.25, 0.3) is 0 Å². The number of amides is 4. The zero-order chi connectivity index (χ0) is 20.5. The van der Waals surface area contributed by atoms with Crippen LogP contribution in [0.3, 0.4) is 0 Å². The van der Waals surface area contributed by atoms with E-state index in [-0.39, 0.29) is 49.8 Å². The third-order valence-corrected chi connectivity index (χ3v) is 6.25. The molecular weight excluding hydrogens is 384 g/mol. The van der Waals surface area contributed by atoms with Crippen molar-refractivity contribution >= 4 is 35.6 Å². The van der Waals surface area contributed by atoms with Crippen molar-refractivity contribution in [2.45, 2.75) is 61.9 Å². The number of carbonyl (C=O) groups excluding carboxylic acids is 3. The molecule has 4 atom stereocenters. The van der Waals surface area contributed by atoms with Crippen LogP contribution < -0.4 is 21.3 Å². The number of nitrogens with one attached hydrogen (secondary N) is 4. The second-order valence-electron chi connectivity index (χ2n) is 6.84. The molecule has 2 rings (SSSR count). The summed E-state index contributed by atoms with van der Waals surface area (Å²) in [5, 5.41) is 20.0. The molecule has 10 heteroatoms. The molecule has 28 heavy (non-hydrogen) atoms. The van der Waals surface area contributed by atoms with Crippen LogP contribution in [0.5, 0.6) is 0 Å². The Hall–Kier alpha value is -2.41. The summed E-state index contributed by atoms with van der Waals surface area (Å²) in [5.41, 5.74) is 0. The molecule has 0 bridgehead atoms. The number of hydrogen-bond donors (Lipinski definition) is 5. The molecular formula is C18H26N4O5S. The van der Waals surface area contributed by atoms with Gasteiger partial charge in [-0.15, -0.1) is 6.42 Å². The van der Waals surface area contributed by atoms with Crippen molar-refractivity contribution in [3.63, 3.8) is 0 Å². The zero-order valence-corrected chi connectivity index (χ0v) is 16.3. The molecule has 0 aliphatic carbocycles. The highest BCUT2D eigenvalue weighted by Crippen LogP contribution is 2.33. The van der Waals surface area contributed by atoms with E-state index in [4.69, 9.17) is 11.5 Å². The fourth-order valence-electron chi connectivity index (χ4n) is 3.34. The number of carboxylic acids is 1. The van der Waals surface area contributed by atoms with Crippen molar-refractivity contribution in [3.8, 4) is 12.3 Å². The molecule has 1 unspecified atom stereocenters. The van der Waals surface area contributed by atoms with Gasteiger partial charge in [-0.25, -0.2) is 4.79 Å². The molecule has 0 saturated carbocycles. The van der Waals surface area contributed by atoms with Crippen LogP contribution in [-0.2, 0) is 14.4 Å². The standard InChI is InChI=1S/C18H26N4O5S/c1-2-9-19-17(26)11(7-8-15(24)25)20-14(23)6-4-3-5-13-16-12(10-28-13)21-18(27)22-16/h1,11-13,16H,3-10H2,(H,19,26)(H,20,23)(H,24,25)(H2,21,22,27)/t11?,12-,13-,16-/m0/s1. The Morgan fingerprint density at radius 1 is 1.29 bits per heavy atom. The summed E-state index contributed by atoms with van der Waals surface area (Å²) in [7, 11) is 0. The molecule has 2 fully saturated rings. The summed E-state index contributed by atoms with van der Waals surface area (Å²) in [4.78, 5) is 46.3. The van der Waals surface area contributed by atoms with Crippen molar-refractivity contribution in [2.75, 3.05) is 12.3 Å². The van der Waals surface area contributed by atoms with Gasteiger partial charge in [0.15, 0.2) is 0 Å². The zero-order valence-electron chi connectivity index (χ0n) is 15.5. The topological polar surface area (TPSA) is 137 Å². The highest BCUT2D eigenvalue weighted by atomic mass is 32.2. The van der Waals surface area contributed by atoms with E-state index in [1.54, 1.807) is 0 Å². The van der Waals surface area contributed by atoms with Crippen LogP contribution in [0.1, 0.15) is 38.5 Å². The minimum Gasteiger partial charge on any atom is -0.481 e. The van der Waals surface area contributed by atoms with E-state index in [0.717, 1.165) is 18.6 Å². The maximum Gasteiger partial charge on any atom is 0.315 e. The third-order valence-electron chi connectivity index (χ3n) is 4.74. The first-order chi connectivity index (χ1) is 13.4. The summed E-state index contributed by atoms with van der Waals surface area (Å²) < 4.78 is 0. The van der Waals surface area contributed by atoms with Gasteiger partial charge in [-0.2, -0.15) is 11.8 Å². The fraction of sp³-hybridized carbons (Fsp3) is 0.667. The van der Waals surface area contributed by atoms with Crippen LogP contribution in [0, 0.1) is 12.3 Å². The highest BCUT2D eigenvalue weighted by Gasteiger charge is 2.42. The van der Waals surface area contributed by atoms with Gasteiger partial charge >= 0.3 is 12.0 Å². The van der Waals surface area contributed by atoms with Gasteiger partial charge in [-0.3, -0.25) is 14.4 Å². The maximum absolute atomic E-state index is 12.1. The first kappa shape index (κ1) is 21.9. The van der Waals surface area contributed by atoms with E-state index >= 15 is 0 Å². The van der Waals surface area contributed by atoms with Crippen molar-refractivity contribution in [1.82, 2.24) is 21.3 Å². The number of thioether (sulfide) groups is 1. The van der Waals surface area contributed by atoms with E-state index in [2.05, 4.69) is 27.2 Å². The summed E-state index contributed by atoms with van der Waals surface area (Å²) in [5.74, 6) is 1.35. The lowest BCUT2D eigenvalue weighted by Crippen LogP contribution is -2.47. The SMILES string of the molecule is C#CCNC(=O)C(CCC(=O)O)NC(=O)CCCC[C@@H]1SC[C@@H]2NC(=O)N[C@@H]21. The highest BCUT2D eigenvalue weighted by molar-refractivity contribution is 8.00. The number of fused-ring (bicyclic) bond motifs is 1. The van der Waals surface area contributed by atoms with E-state index in [9.17, 15) is 19.2 Å². The minimum absolute atomic E-state index is 0.00591. The number of rotatable bonds is 11. The van der Waals surface area contributed by atoms with Gasteiger partial charge in [0.2, 0.25) is 11.8 Å². The Bertz CT molecular complexity index is 650. The molecule has 0 aromatic carbocycles. The van der Waals surface area contributed by atoms with Crippen LogP contribution in [-0.4, -0.2) is 64.6 Å². The number of urea groups is 1. The molecule has 4 amide bonds. The minimum atomic E-state index is -1.04. The Kier molecular flexibility index (Phi) is 8.44. The van der Waals surface area contributed by atoms with E-state index in [0.29, 0.717) is 11.7 Å². The second-order valence-corrected chi connectivity index (χ2v) is 8.11. The first-order valence-electron chi connectivity index (χ1n) is 9.31. The lowest BCUT2D eigenvalue weighted by Gasteiger charge is -2.18. The normalized spacial score (nSPS) is 23.7. The number of aliphatic carboxylic acids is 1. The Morgan fingerprint density at radius 3 is 2.79 bits per heavy atom. The van der Waals surface area contributed by atoms with E-state index in [1.165, 1.54) is 0 Å². The van der Waals surface area contributed by atoms with Crippen molar-refractivity contribution < 1.29 is 24.3 Å². The lowest BCUT2D eigenvalue weighted by molar-refractivity contribution is -0.138. The molecule has 154 valence electrons. The van der Waals surface area contributed by atoms with E-state index in [1.807, 2.05) is 11.8 Å². The molecule has 0 radical (unpaired) electrons. The predicted molar refractivity (Wildman–Crippen MR) is 105 cm³/mol. The molecule has 9 nitrogen and oxygen atoms in total. The van der Waals surface area contributed by atoms with Gasteiger partial charge in [0.05, 0.1) is 18.6 Å². The van der Waals surface area contributed by atoms with Crippen molar-refractivity contribution in [2.24, 2.45) is 0 Å². The monoisotopic (exact) mass is 410 g/mol. The number of unbranched alkanes of at least 4 members (excludes halogenated alkanes) is 1. The first-order valence-corrected chi connectivity index (χ1v) is 10.4. The fourth-order valence-corrected chi connectivity index (χ4v) is 4.88. The van der Waals surface area contributed by atoms with Crippen LogP contribution in [0.4, 0.5) is 4.79 Å². The maximum atomic E-state index is 12.1. The summed E-state index contributed by atoms with van der Waals surface area (Å²) in [6, 6.07) is -0.702.